The maximum atomic E-state index is 5.31. The molecule has 4 aromatic carbocycles. The number of H-pyrrole nitrogens is 3. The minimum Gasteiger partial charge on any atom is -0.361 e. The fraction of sp³-hybridized carbons (Fsp3) is 0.261. The summed E-state index contributed by atoms with van der Waals surface area (Å²) in [6, 6.07) is 26.0. The topological polar surface area (TPSA) is 72.1 Å². The van der Waals surface area contributed by atoms with Gasteiger partial charge in [0, 0.05) is 46.7 Å². The number of nitrogens with zero attached hydrogens (tertiary/aromatic N) is 2. The normalized spacial score (nSPS) is 12.9. The van der Waals surface area contributed by atoms with E-state index in [0.29, 0.717) is 0 Å². The van der Waals surface area contributed by atoms with Crippen molar-refractivity contribution in [1.82, 2.24) is 15.0 Å². The summed E-state index contributed by atoms with van der Waals surface area (Å²) in [6.07, 6.45) is 9.71. The Morgan fingerprint density at radius 3 is 1.27 bits per heavy atom. The van der Waals surface area contributed by atoms with Gasteiger partial charge < -0.3 is 15.0 Å². The van der Waals surface area contributed by atoms with E-state index in [0.717, 1.165) is 83.2 Å². The molecule has 0 atom stereocenters. The van der Waals surface area contributed by atoms with Crippen LogP contribution in [0, 0.1) is 13.8 Å². The quantitative estimate of drug-likeness (QED) is 0.167. The van der Waals surface area contributed by atoms with E-state index in [1.54, 1.807) is 0 Å². The van der Waals surface area contributed by atoms with Crippen molar-refractivity contribution in [1.29, 1.82) is 0 Å². The molecule has 0 saturated heterocycles. The maximum Gasteiger partial charge on any atom is 0.0716 e. The van der Waals surface area contributed by atoms with Crippen LogP contribution in [0.3, 0.4) is 0 Å². The van der Waals surface area contributed by atoms with Gasteiger partial charge in [0.15, 0.2) is 0 Å². The fourth-order valence-electron chi connectivity index (χ4n) is 8.69. The van der Waals surface area contributed by atoms with E-state index in [-0.39, 0.29) is 0 Å². The predicted octanol–water partition coefficient (Wildman–Crippen LogP) is 11.5. The van der Waals surface area contributed by atoms with Gasteiger partial charge in [-0.05, 0) is 107 Å². The van der Waals surface area contributed by atoms with Crippen molar-refractivity contribution in [3.63, 3.8) is 0 Å². The van der Waals surface area contributed by atoms with Crippen molar-refractivity contribution in [2.75, 3.05) is 0 Å². The average molecular weight is 670 g/mol. The zero-order valence-electron chi connectivity index (χ0n) is 30.7. The Bertz CT molecular complexity index is 2320. The molecule has 3 N–H and O–H groups in total. The molecule has 0 radical (unpaired) electrons. The second-order valence-corrected chi connectivity index (χ2v) is 13.9. The van der Waals surface area contributed by atoms with E-state index >= 15 is 0 Å². The third-order valence-corrected chi connectivity index (χ3v) is 11.3. The molecule has 0 amide bonds. The number of aromatic amines is 3. The maximum absolute atomic E-state index is 5.31. The van der Waals surface area contributed by atoms with Crippen molar-refractivity contribution in [2.45, 2.75) is 80.1 Å². The van der Waals surface area contributed by atoms with Crippen LogP contribution in [0.25, 0.3) is 32.7 Å². The molecule has 51 heavy (non-hydrogen) atoms. The van der Waals surface area contributed by atoms with Crippen LogP contribution in [0.4, 0.5) is 11.4 Å². The number of fused-ring (bicyclic) bond motifs is 13. The Morgan fingerprint density at radius 1 is 0.471 bits per heavy atom. The smallest absolute Gasteiger partial charge is 0.0716 e. The molecule has 0 unspecified atom stereocenters. The van der Waals surface area contributed by atoms with Crippen molar-refractivity contribution < 1.29 is 0 Å². The van der Waals surface area contributed by atoms with Crippen LogP contribution in [0.2, 0.25) is 0 Å². The van der Waals surface area contributed by atoms with Gasteiger partial charge in [-0.1, -0.05) is 88.4 Å². The number of benzene rings is 4. The largest absolute Gasteiger partial charge is 0.361 e. The lowest BCUT2D eigenvalue weighted by molar-refractivity contribution is 0.943. The standard InChI is InChI=1S/C46H47N5/c1-7-31-27(5)43-25-47-37-21-19-29-15-11-13-17-35(29)45(37)46-36-18-14-12-16-30(36)20-22-38(46)48-26-44-28(6)32(8-2)40(51-44)24-42-34(10-4)33(9-3)41(49-42)23-39(31)50-43/h11-22,25-26,49-51H,7-10,23-24H2,1-6H3. The van der Waals surface area contributed by atoms with E-state index in [9.17, 15) is 0 Å². The molecule has 7 aromatic rings. The highest BCUT2D eigenvalue weighted by Gasteiger charge is 2.22. The van der Waals surface area contributed by atoms with Gasteiger partial charge in [-0.25, -0.2) is 0 Å². The van der Waals surface area contributed by atoms with E-state index in [4.69, 9.17) is 9.98 Å². The molecule has 3 aromatic heterocycles. The molecule has 6 bridgehead atoms. The molecule has 0 saturated carbocycles. The van der Waals surface area contributed by atoms with Crippen molar-refractivity contribution in [2.24, 2.45) is 9.98 Å². The Balaban J connectivity index is 1.44. The van der Waals surface area contributed by atoms with Gasteiger partial charge in [0.1, 0.15) is 0 Å². The molecule has 4 heterocycles. The van der Waals surface area contributed by atoms with Crippen molar-refractivity contribution in [3.05, 3.63) is 140 Å². The van der Waals surface area contributed by atoms with Gasteiger partial charge in [0.2, 0.25) is 0 Å². The minimum absolute atomic E-state index is 0.844. The molecular weight excluding hydrogens is 623 g/mol. The van der Waals surface area contributed by atoms with E-state index in [1.165, 1.54) is 66.9 Å². The first-order valence-corrected chi connectivity index (χ1v) is 18.7. The second-order valence-electron chi connectivity index (χ2n) is 13.9. The van der Waals surface area contributed by atoms with E-state index in [1.807, 2.05) is 12.4 Å². The van der Waals surface area contributed by atoms with Crippen molar-refractivity contribution >= 4 is 45.3 Å². The lowest BCUT2D eigenvalue weighted by Crippen LogP contribution is -1.98. The number of rotatable bonds is 4. The van der Waals surface area contributed by atoms with Crippen LogP contribution in [0.5, 0.6) is 0 Å². The van der Waals surface area contributed by atoms with E-state index in [2.05, 4.69) is 129 Å². The van der Waals surface area contributed by atoms with Crippen LogP contribution in [-0.4, -0.2) is 27.4 Å². The minimum atomic E-state index is 0.844. The summed E-state index contributed by atoms with van der Waals surface area (Å²) in [5.41, 5.74) is 19.6. The molecule has 1 aliphatic heterocycles. The first kappa shape index (κ1) is 32.8. The highest BCUT2D eigenvalue weighted by atomic mass is 14.8. The number of hydrogen-bond donors (Lipinski definition) is 3. The monoisotopic (exact) mass is 669 g/mol. The van der Waals surface area contributed by atoms with Crippen LogP contribution in [0.15, 0.2) is 82.8 Å². The molecule has 0 spiro atoms. The number of aromatic nitrogens is 3. The summed E-state index contributed by atoms with van der Waals surface area (Å²) >= 11 is 0. The summed E-state index contributed by atoms with van der Waals surface area (Å²) in [5, 5.41) is 4.69. The van der Waals surface area contributed by atoms with Gasteiger partial charge in [0.25, 0.3) is 0 Å². The molecule has 0 aliphatic carbocycles. The lowest BCUT2D eigenvalue weighted by atomic mass is 9.91. The van der Waals surface area contributed by atoms with Gasteiger partial charge in [-0.3, -0.25) is 9.98 Å². The molecule has 1 aliphatic rings. The fourth-order valence-corrected chi connectivity index (χ4v) is 8.69. The van der Waals surface area contributed by atoms with Crippen LogP contribution >= 0.6 is 0 Å². The Labute approximate surface area is 301 Å². The van der Waals surface area contributed by atoms with Crippen LogP contribution < -0.4 is 0 Å². The second kappa shape index (κ2) is 13.4. The number of aliphatic imine (C=N–C) groups is 2. The molecule has 8 rings (SSSR count). The third-order valence-electron chi connectivity index (χ3n) is 11.3. The Hall–Kier alpha value is -5.42. The highest BCUT2D eigenvalue weighted by Crippen LogP contribution is 2.45. The molecule has 5 nitrogen and oxygen atoms in total. The summed E-state index contributed by atoms with van der Waals surface area (Å²) in [6.45, 7) is 13.6. The summed E-state index contributed by atoms with van der Waals surface area (Å²) in [4.78, 5) is 22.3. The first-order valence-electron chi connectivity index (χ1n) is 18.7. The summed E-state index contributed by atoms with van der Waals surface area (Å²) in [5.74, 6) is 0. The van der Waals surface area contributed by atoms with Gasteiger partial charge >= 0.3 is 0 Å². The molecular formula is C46H47N5. The van der Waals surface area contributed by atoms with Gasteiger partial charge in [-0.2, -0.15) is 0 Å². The van der Waals surface area contributed by atoms with Gasteiger partial charge in [-0.15, -0.1) is 0 Å². The zero-order valence-corrected chi connectivity index (χ0v) is 30.7. The van der Waals surface area contributed by atoms with Gasteiger partial charge in [0.05, 0.1) is 35.2 Å². The molecule has 0 fully saturated rings. The zero-order chi connectivity index (χ0) is 35.2. The van der Waals surface area contributed by atoms with Crippen LogP contribution in [-0.2, 0) is 38.5 Å². The third kappa shape index (κ3) is 5.56. The first-order chi connectivity index (χ1) is 24.9. The summed E-state index contributed by atoms with van der Waals surface area (Å²) < 4.78 is 0. The van der Waals surface area contributed by atoms with Crippen molar-refractivity contribution in [3.8, 4) is 11.1 Å². The number of hydrogen-bond acceptors (Lipinski definition) is 2. The average Bonchev–Trinajstić information content (AvgIpc) is 3.76. The van der Waals surface area contributed by atoms with E-state index < -0.39 is 0 Å². The lowest BCUT2D eigenvalue weighted by Gasteiger charge is -2.16. The Kier molecular flexibility index (Phi) is 8.59. The predicted molar refractivity (Wildman–Crippen MR) is 216 cm³/mol. The SMILES string of the molecule is CCc1c2[nH]c(c1C)C=Nc1ccc3ccccc3c1-c1c(ccc3ccccc13)N=Cc1[nH]c(c(CC)c1C)Cc1[nH]c(c(CC)c1CC)C2. The van der Waals surface area contributed by atoms with Crippen LogP contribution in [0.1, 0.15) is 95.2 Å². The Morgan fingerprint density at radius 2 is 0.863 bits per heavy atom. The summed E-state index contributed by atoms with van der Waals surface area (Å²) in [7, 11) is 0. The number of nitrogens with one attached hydrogen (secondary N) is 3. The molecule has 5 heteroatoms. The highest BCUT2D eigenvalue weighted by molar-refractivity contribution is 6.13. The molecule has 256 valence electrons.